The van der Waals surface area contributed by atoms with Gasteiger partial charge in [-0.05, 0) is 42.4 Å². The van der Waals surface area contributed by atoms with Crippen molar-refractivity contribution in [3.05, 3.63) is 29.8 Å². The van der Waals surface area contributed by atoms with E-state index in [4.69, 9.17) is 5.73 Å². The molecule has 0 aliphatic carbocycles. The number of aliphatic imine (C=N–C) groups is 1. The van der Waals surface area contributed by atoms with Crippen LogP contribution in [0.4, 0.5) is 5.69 Å². The average Bonchev–Trinajstić information content (AvgIpc) is 2.53. The molecule has 1 aliphatic rings. The highest BCUT2D eigenvalue weighted by atomic mass is 127. The molecule has 0 atom stereocenters. The van der Waals surface area contributed by atoms with Crippen molar-refractivity contribution in [3.8, 4) is 0 Å². The van der Waals surface area contributed by atoms with Gasteiger partial charge < -0.3 is 11.1 Å². The number of nitrogens with zero attached hydrogens (tertiary/aromatic N) is 2. The molecule has 0 saturated carbocycles. The first-order valence-corrected chi connectivity index (χ1v) is 10.2. The van der Waals surface area contributed by atoms with Crippen LogP contribution in [0.3, 0.4) is 0 Å². The normalized spacial score (nSPS) is 17.4. The number of guanidine groups is 1. The van der Waals surface area contributed by atoms with Crippen molar-refractivity contribution in [2.75, 3.05) is 31.2 Å². The van der Waals surface area contributed by atoms with Gasteiger partial charge in [0.25, 0.3) is 0 Å². The zero-order valence-corrected chi connectivity index (χ0v) is 18.3. The summed E-state index contributed by atoms with van der Waals surface area (Å²) in [7, 11) is -3.07. The summed E-state index contributed by atoms with van der Waals surface area (Å²) in [4.78, 5) is 4.42. The summed E-state index contributed by atoms with van der Waals surface area (Å²) < 4.78 is 24.5. The molecule has 25 heavy (non-hydrogen) atoms. The van der Waals surface area contributed by atoms with Crippen LogP contribution in [-0.2, 0) is 10.0 Å². The minimum atomic E-state index is -3.07. The van der Waals surface area contributed by atoms with Gasteiger partial charge in [0, 0.05) is 25.3 Å². The maximum atomic E-state index is 11.5. The first-order valence-electron chi connectivity index (χ1n) is 8.37. The van der Waals surface area contributed by atoms with Crippen LogP contribution in [0.25, 0.3) is 0 Å². The molecule has 0 aromatic heterocycles. The largest absolute Gasteiger partial charge is 0.370 e. The van der Waals surface area contributed by atoms with E-state index >= 15 is 0 Å². The number of benzene rings is 1. The van der Waals surface area contributed by atoms with E-state index < -0.39 is 10.0 Å². The number of anilines is 1. The molecule has 1 aliphatic heterocycles. The number of sulfonamides is 1. The van der Waals surface area contributed by atoms with E-state index in [-0.39, 0.29) is 24.0 Å². The zero-order chi connectivity index (χ0) is 17.7. The van der Waals surface area contributed by atoms with Gasteiger partial charge in [-0.25, -0.2) is 12.7 Å². The van der Waals surface area contributed by atoms with Gasteiger partial charge in [0.15, 0.2) is 5.96 Å². The number of piperidine rings is 1. The molecule has 0 radical (unpaired) electrons. The molecular formula is C17H29IN4O2S. The van der Waals surface area contributed by atoms with Crippen molar-refractivity contribution < 1.29 is 8.42 Å². The number of hydrogen-bond donors (Lipinski definition) is 2. The van der Waals surface area contributed by atoms with Crippen molar-refractivity contribution >= 4 is 45.6 Å². The number of hydrogen-bond acceptors (Lipinski definition) is 3. The summed E-state index contributed by atoms with van der Waals surface area (Å²) in [6, 6.07) is 8.15. The van der Waals surface area contributed by atoms with E-state index in [1.54, 1.807) is 0 Å². The highest BCUT2D eigenvalue weighted by molar-refractivity contribution is 14.0. The van der Waals surface area contributed by atoms with Crippen molar-refractivity contribution in [1.29, 1.82) is 0 Å². The topological polar surface area (TPSA) is 87.8 Å². The smallest absolute Gasteiger partial charge is 0.211 e. The third-order valence-corrected chi connectivity index (χ3v) is 5.69. The van der Waals surface area contributed by atoms with Gasteiger partial charge in [0.1, 0.15) is 0 Å². The van der Waals surface area contributed by atoms with Crippen molar-refractivity contribution in [1.82, 2.24) is 4.31 Å². The Labute approximate surface area is 168 Å². The SMILES string of the molecule is CC(C)c1cccc(NC(N)=NCC2CCN(S(C)(=O)=O)CC2)c1.I. The molecule has 0 amide bonds. The van der Waals surface area contributed by atoms with E-state index in [2.05, 4.69) is 36.3 Å². The summed E-state index contributed by atoms with van der Waals surface area (Å²) in [6.45, 7) is 6.07. The lowest BCUT2D eigenvalue weighted by molar-refractivity contribution is 0.280. The summed E-state index contributed by atoms with van der Waals surface area (Å²) in [6.07, 6.45) is 2.91. The van der Waals surface area contributed by atoms with Gasteiger partial charge in [-0.1, -0.05) is 26.0 Å². The Morgan fingerprint density at radius 3 is 2.56 bits per heavy atom. The molecule has 1 fully saturated rings. The Balaban J connectivity index is 0.00000312. The van der Waals surface area contributed by atoms with E-state index in [0.29, 0.717) is 37.4 Å². The van der Waals surface area contributed by atoms with Crippen LogP contribution in [0, 0.1) is 5.92 Å². The molecule has 6 nitrogen and oxygen atoms in total. The standard InChI is InChI=1S/C17H28N4O2S.HI/c1-13(2)15-5-4-6-16(11-15)20-17(18)19-12-14-7-9-21(10-8-14)24(3,22)23;/h4-6,11,13-14H,7-10,12H2,1-3H3,(H3,18,19,20);1H. The van der Waals surface area contributed by atoms with E-state index in [0.717, 1.165) is 18.5 Å². The molecule has 3 N–H and O–H groups in total. The molecule has 0 spiro atoms. The molecular weight excluding hydrogens is 451 g/mol. The third kappa shape index (κ3) is 7.10. The lowest BCUT2D eigenvalue weighted by atomic mass is 9.98. The van der Waals surface area contributed by atoms with Gasteiger partial charge >= 0.3 is 0 Å². The fraction of sp³-hybridized carbons (Fsp3) is 0.588. The van der Waals surface area contributed by atoms with Crippen LogP contribution in [0.1, 0.15) is 38.2 Å². The predicted molar refractivity (Wildman–Crippen MR) is 115 cm³/mol. The second kappa shape index (κ2) is 9.72. The quantitative estimate of drug-likeness (QED) is 0.386. The maximum absolute atomic E-state index is 11.5. The molecule has 2 rings (SSSR count). The van der Waals surface area contributed by atoms with Gasteiger partial charge in [0.05, 0.1) is 6.26 Å². The molecule has 8 heteroatoms. The van der Waals surface area contributed by atoms with Gasteiger partial charge in [0.2, 0.25) is 10.0 Å². The van der Waals surface area contributed by atoms with Gasteiger partial charge in [-0.3, -0.25) is 4.99 Å². The van der Waals surface area contributed by atoms with Crippen LogP contribution in [-0.4, -0.2) is 44.6 Å². The number of nitrogens with two attached hydrogens (primary N) is 1. The van der Waals surface area contributed by atoms with Crippen LogP contribution in [0.2, 0.25) is 0 Å². The molecule has 1 aromatic rings. The highest BCUT2D eigenvalue weighted by Gasteiger charge is 2.24. The molecule has 0 unspecified atom stereocenters. The Morgan fingerprint density at radius 2 is 2.00 bits per heavy atom. The van der Waals surface area contributed by atoms with Crippen LogP contribution in [0.5, 0.6) is 0 Å². The molecule has 1 saturated heterocycles. The predicted octanol–water partition coefficient (Wildman–Crippen LogP) is 2.83. The minimum Gasteiger partial charge on any atom is -0.370 e. The van der Waals surface area contributed by atoms with Crippen molar-refractivity contribution in [2.24, 2.45) is 16.6 Å². The highest BCUT2D eigenvalue weighted by Crippen LogP contribution is 2.20. The number of rotatable bonds is 5. The van der Waals surface area contributed by atoms with Gasteiger partial charge in [-0.2, -0.15) is 0 Å². The third-order valence-electron chi connectivity index (χ3n) is 4.39. The van der Waals surface area contributed by atoms with E-state index in [1.807, 2.05) is 12.1 Å². The van der Waals surface area contributed by atoms with Crippen LogP contribution in [0.15, 0.2) is 29.3 Å². The Bertz CT molecular complexity index is 684. The molecule has 142 valence electrons. The number of halogens is 1. The monoisotopic (exact) mass is 480 g/mol. The van der Waals surface area contributed by atoms with Gasteiger partial charge in [-0.15, -0.1) is 24.0 Å². The average molecular weight is 480 g/mol. The fourth-order valence-corrected chi connectivity index (χ4v) is 3.69. The van der Waals surface area contributed by atoms with Crippen molar-refractivity contribution in [2.45, 2.75) is 32.6 Å². The summed E-state index contributed by atoms with van der Waals surface area (Å²) in [5.41, 5.74) is 8.17. The maximum Gasteiger partial charge on any atom is 0.211 e. The first kappa shape index (κ1) is 22.2. The molecule has 1 heterocycles. The number of nitrogens with one attached hydrogen (secondary N) is 1. The van der Waals surface area contributed by atoms with Crippen LogP contribution >= 0.6 is 24.0 Å². The summed E-state index contributed by atoms with van der Waals surface area (Å²) >= 11 is 0. The van der Waals surface area contributed by atoms with E-state index in [1.165, 1.54) is 16.1 Å². The van der Waals surface area contributed by atoms with E-state index in [9.17, 15) is 8.42 Å². The summed E-state index contributed by atoms with van der Waals surface area (Å²) in [5.74, 6) is 1.25. The zero-order valence-electron chi connectivity index (χ0n) is 15.1. The Hall–Kier alpha value is -0.870. The molecule has 1 aromatic carbocycles. The Kier molecular flexibility index (Phi) is 8.62. The minimum absolute atomic E-state index is 0. The second-order valence-electron chi connectivity index (χ2n) is 6.74. The molecule has 0 bridgehead atoms. The second-order valence-corrected chi connectivity index (χ2v) is 8.72. The first-order chi connectivity index (χ1) is 11.3. The Morgan fingerprint density at radius 1 is 1.36 bits per heavy atom. The lowest BCUT2D eigenvalue weighted by Crippen LogP contribution is -2.38. The van der Waals surface area contributed by atoms with Crippen LogP contribution < -0.4 is 11.1 Å². The fourth-order valence-electron chi connectivity index (χ4n) is 2.81. The lowest BCUT2D eigenvalue weighted by Gasteiger charge is -2.29. The van der Waals surface area contributed by atoms with Crippen molar-refractivity contribution in [3.63, 3.8) is 0 Å². The summed E-state index contributed by atoms with van der Waals surface area (Å²) in [5, 5.41) is 3.13.